The first-order chi connectivity index (χ1) is 18.9. The number of ether oxygens (including phenoxy) is 2. The zero-order valence-corrected chi connectivity index (χ0v) is 23.7. The fourth-order valence-electron chi connectivity index (χ4n) is 4.37. The van der Waals surface area contributed by atoms with E-state index in [1.54, 1.807) is 16.5 Å². The van der Waals surface area contributed by atoms with Crippen LogP contribution in [0.25, 0.3) is 21.0 Å². The predicted molar refractivity (Wildman–Crippen MR) is 147 cm³/mol. The number of carbonyl (C=O) groups excluding carboxylic acids is 1. The number of halogens is 3. The first kappa shape index (κ1) is 31.4. The molecule has 9 nitrogen and oxygen atoms in total. The smallest absolute Gasteiger partial charge is 0.488 e. The summed E-state index contributed by atoms with van der Waals surface area (Å²) in [6, 6.07) is 7.80. The van der Waals surface area contributed by atoms with Gasteiger partial charge in [0.15, 0.2) is 5.75 Å². The maximum absolute atomic E-state index is 13.6. The van der Waals surface area contributed by atoms with Crippen LogP contribution in [0.1, 0.15) is 36.4 Å². The maximum atomic E-state index is 13.6. The Labute approximate surface area is 233 Å². The van der Waals surface area contributed by atoms with Crippen LogP contribution >= 0.6 is 11.3 Å². The van der Waals surface area contributed by atoms with Gasteiger partial charge in [-0.05, 0) is 32.0 Å². The average Bonchev–Trinajstić information content (AvgIpc) is 3.58. The molecule has 0 bridgehead atoms. The molecule has 13 heteroatoms. The number of likely N-dealkylation sites (N-methyl/N-ethyl adjacent to an activating group) is 2. The lowest BCUT2D eigenvalue weighted by Crippen LogP contribution is -2.36. The molecule has 220 valence electrons. The highest BCUT2D eigenvalue weighted by Gasteiger charge is 2.38. The fourth-order valence-corrected chi connectivity index (χ4v) is 5.64. The van der Waals surface area contributed by atoms with Crippen LogP contribution in [-0.4, -0.2) is 90.1 Å². The van der Waals surface area contributed by atoms with Gasteiger partial charge in [0.2, 0.25) is 0 Å². The van der Waals surface area contributed by atoms with Gasteiger partial charge in [-0.2, -0.15) is 13.2 Å². The number of aromatic nitrogens is 1. The Kier molecular flexibility index (Phi) is 10.6. The second-order valence-corrected chi connectivity index (χ2v) is 10.4. The van der Waals surface area contributed by atoms with Crippen molar-refractivity contribution < 1.29 is 37.3 Å². The number of hydrogen-bond acceptors (Lipinski definition) is 7. The topological polar surface area (TPSA) is 101 Å². The molecule has 1 unspecified atom stereocenters. The van der Waals surface area contributed by atoms with Gasteiger partial charge in [-0.25, -0.2) is 4.79 Å². The number of aryl methyl sites for hydroxylation is 1. The summed E-state index contributed by atoms with van der Waals surface area (Å²) in [5.74, 6) is -2.47. The molecular formula is C27H34F3N3O6S. The van der Waals surface area contributed by atoms with Crippen molar-refractivity contribution in [3.8, 4) is 5.75 Å². The van der Waals surface area contributed by atoms with E-state index in [-0.39, 0.29) is 17.6 Å². The van der Waals surface area contributed by atoms with Crippen LogP contribution in [0.3, 0.4) is 0 Å². The van der Waals surface area contributed by atoms with E-state index in [4.69, 9.17) is 19.4 Å². The highest BCUT2D eigenvalue weighted by molar-refractivity contribution is 7.22. The predicted octanol–water partition coefficient (Wildman–Crippen LogP) is 4.36. The zero-order chi connectivity index (χ0) is 29.6. The fraction of sp³-hybridized carbons (Fsp3) is 0.519. The second-order valence-electron chi connectivity index (χ2n) is 9.35. The van der Waals surface area contributed by atoms with Gasteiger partial charge in [0, 0.05) is 39.2 Å². The standard InChI is InChI=1S/C25H33N3O4S.C2HF3O2/c1-5-28(6-2)14-13-26(3)25(30)23-21(32-16-17-10-9-15-31-17)20-22(33-23)18-11-7-8-12-19(18)27(4)24(20)29;3-2(4,5)1(6)7/h7-8,11-12,17H,5-6,9-10,13-16H2,1-4H3;(H,6,7). The van der Waals surface area contributed by atoms with Crippen molar-refractivity contribution in [2.24, 2.45) is 7.05 Å². The Balaban J connectivity index is 0.000000559. The molecule has 3 aromatic rings. The number of rotatable bonds is 9. The van der Waals surface area contributed by atoms with E-state index in [9.17, 15) is 22.8 Å². The first-order valence-electron chi connectivity index (χ1n) is 13.0. The molecule has 0 spiro atoms. The van der Waals surface area contributed by atoms with E-state index >= 15 is 0 Å². The van der Waals surface area contributed by atoms with Gasteiger partial charge in [0.05, 0.1) is 16.3 Å². The quantitative estimate of drug-likeness (QED) is 0.398. The van der Waals surface area contributed by atoms with Crippen molar-refractivity contribution in [1.82, 2.24) is 14.4 Å². The minimum atomic E-state index is -5.08. The number of amides is 1. The van der Waals surface area contributed by atoms with E-state index in [0.29, 0.717) is 29.2 Å². The van der Waals surface area contributed by atoms with E-state index < -0.39 is 12.1 Å². The Morgan fingerprint density at radius 3 is 2.42 bits per heavy atom. The minimum Gasteiger partial charge on any atom is -0.488 e. The Hall–Kier alpha value is -3.16. The molecular weight excluding hydrogens is 551 g/mol. The summed E-state index contributed by atoms with van der Waals surface area (Å²) in [6.07, 6.45) is -3.16. The molecule has 0 aliphatic carbocycles. The number of fused-ring (bicyclic) bond motifs is 3. The monoisotopic (exact) mass is 585 g/mol. The van der Waals surface area contributed by atoms with E-state index in [1.807, 2.05) is 31.3 Å². The maximum Gasteiger partial charge on any atom is 0.490 e. The van der Waals surface area contributed by atoms with Crippen molar-refractivity contribution in [2.75, 3.05) is 46.4 Å². The molecule has 1 aromatic carbocycles. The third-order valence-electron chi connectivity index (χ3n) is 6.76. The van der Waals surface area contributed by atoms with Gasteiger partial charge in [-0.15, -0.1) is 11.3 Å². The number of carbonyl (C=O) groups is 2. The van der Waals surface area contributed by atoms with Crippen LogP contribution in [0.15, 0.2) is 29.1 Å². The van der Waals surface area contributed by atoms with Crippen LogP contribution in [0.4, 0.5) is 13.2 Å². The van der Waals surface area contributed by atoms with Crippen LogP contribution in [-0.2, 0) is 16.6 Å². The third-order valence-corrected chi connectivity index (χ3v) is 7.95. The number of para-hydroxylation sites is 1. The average molecular weight is 586 g/mol. The summed E-state index contributed by atoms with van der Waals surface area (Å²) in [5, 5.41) is 8.56. The van der Waals surface area contributed by atoms with Crippen molar-refractivity contribution in [2.45, 2.75) is 39.0 Å². The highest BCUT2D eigenvalue weighted by atomic mass is 32.1. The van der Waals surface area contributed by atoms with Crippen LogP contribution in [0, 0.1) is 0 Å². The molecule has 1 aliphatic rings. The van der Waals surface area contributed by atoms with Gasteiger partial charge >= 0.3 is 12.1 Å². The van der Waals surface area contributed by atoms with Gasteiger partial charge in [0.25, 0.3) is 11.5 Å². The molecule has 2 aromatic heterocycles. The van der Waals surface area contributed by atoms with Crippen molar-refractivity contribution in [1.29, 1.82) is 0 Å². The van der Waals surface area contributed by atoms with Crippen LogP contribution in [0.2, 0.25) is 0 Å². The molecule has 1 atom stereocenters. The third kappa shape index (κ3) is 7.12. The van der Waals surface area contributed by atoms with Crippen LogP contribution < -0.4 is 10.3 Å². The molecule has 3 heterocycles. The lowest BCUT2D eigenvalue weighted by Gasteiger charge is -2.23. The number of nitrogens with zero attached hydrogens (tertiary/aromatic N) is 3. The molecule has 0 saturated carbocycles. The number of alkyl halides is 3. The molecule has 1 saturated heterocycles. The Morgan fingerprint density at radius 1 is 1.20 bits per heavy atom. The lowest BCUT2D eigenvalue weighted by molar-refractivity contribution is -0.192. The molecule has 0 radical (unpaired) electrons. The van der Waals surface area contributed by atoms with Gasteiger partial charge in [-0.3, -0.25) is 9.59 Å². The molecule has 40 heavy (non-hydrogen) atoms. The summed E-state index contributed by atoms with van der Waals surface area (Å²) in [7, 11) is 3.58. The SMILES string of the molecule is CCN(CC)CCN(C)C(=O)c1sc2c(c1OCC1CCCO1)c(=O)n(C)c1ccccc21.O=C(O)C(F)(F)F. The number of carboxylic acids is 1. The van der Waals surface area contributed by atoms with Crippen molar-refractivity contribution in [3.05, 3.63) is 39.5 Å². The van der Waals surface area contributed by atoms with E-state index in [2.05, 4.69) is 18.7 Å². The summed E-state index contributed by atoms with van der Waals surface area (Å²) in [4.78, 5) is 40.3. The number of hydrogen-bond donors (Lipinski definition) is 1. The Bertz CT molecular complexity index is 1390. The van der Waals surface area contributed by atoms with Gasteiger partial charge < -0.3 is 28.9 Å². The van der Waals surface area contributed by atoms with E-state index in [0.717, 1.165) is 54.7 Å². The molecule has 1 aliphatic heterocycles. The molecule has 4 rings (SSSR count). The normalized spacial score (nSPS) is 15.3. The summed E-state index contributed by atoms with van der Waals surface area (Å²) in [6.45, 7) is 8.61. The first-order valence-corrected chi connectivity index (χ1v) is 13.8. The van der Waals surface area contributed by atoms with Crippen molar-refractivity contribution in [3.63, 3.8) is 0 Å². The second kappa shape index (κ2) is 13.5. The van der Waals surface area contributed by atoms with Crippen LogP contribution in [0.5, 0.6) is 5.75 Å². The minimum absolute atomic E-state index is 0.00685. The van der Waals surface area contributed by atoms with Gasteiger partial charge in [0.1, 0.15) is 16.9 Å². The number of carboxylic acid groups (broad SMARTS) is 1. The summed E-state index contributed by atoms with van der Waals surface area (Å²) >= 11 is 1.36. The highest BCUT2D eigenvalue weighted by Crippen LogP contribution is 2.40. The molecule has 1 fully saturated rings. The summed E-state index contributed by atoms with van der Waals surface area (Å²) in [5.41, 5.74) is 0.697. The molecule has 1 N–H and O–H groups in total. The molecule has 1 amide bonds. The Morgan fingerprint density at radius 2 is 1.85 bits per heavy atom. The van der Waals surface area contributed by atoms with Crippen molar-refractivity contribution >= 4 is 44.2 Å². The lowest BCUT2D eigenvalue weighted by atomic mass is 10.1. The number of benzene rings is 1. The number of thiophene rings is 1. The van der Waals surface area contributed by atoms with E-state index in [1.165, 1.54) is 11.3 Å². The number of aliphatic carboxylic acids is 1. The van der Waals surface area contributed by atoms with Gasteiger partial charge in [-0.1, -0.05) is 32.0 Å². The largest absolute Gasteiger partial charge is 0.490 e. The number of pyridine rings is 1. The summed E-state index contributed by atoms with van der Waals surface area (Å²) < 4.78 is 46.1. The zero-order valence-electron chi connectivity index (χ0n) is 22.9.